The average Bonchev–Trinajstić information content (AvgIpc) is 2.47. The lowest BCUT2D eigenvalue weighted by Gasteiger charge is -2.04. The van der Waals surface area contributed by atoms with E-state index in [0.717, 1.165) is 5.75 Å². The third-order valence-electron chi connectivity index (χ3n) is 1.82. The molecule has 4 N–H and O–H groups in total. The molecule has 0 bridgehead atoms. The van der Waals surface area contributed by atoms with Gasteiger partial charge in [0.15, 0.2) is 5.75 Å². The number of hydrogen-bond donors (Lipinski definition) is 2. The molecule has 2 rings (SSSR count). The van der Waals surface area contributed by atoms with Crippen LogP contribution in [0.15, 0.2) is 42.7 Å². The van der Waals surface area contributed by atoms with E-state index in [9.17, 15) is 0 Å². The van der Waals surface area contributed by atoms with E-state index in [-0.39, 0.29) is 0 Å². The fraction of sp³-hybridized carbons (Fsp3) is 0. The first-order chi connectivity index (χ1) is 6.75. The molecule has 0 spiro atoms. The number of hydrogen-bond acceptors (Lipinski definition) is 3. The first-order valence-electron chi connectivity index (χ1n) is 4.22. The molecule has 0 radical (unpaired) electrons. The number of anilines is 2. The normalized spacial score (nSPS) is 10.0. The van der Waals surface area contributed by atoms with E-state index in [4.69, 9.17) is 16.3 Å². The second-order valence-corrected chi connectivity index (χ2v) is 2.93. The summed E-state index contributed by atoms with van der Waals surface area (Å²) in [5.41, 5.74) is 12.2. The van der Waals surface area contributed by atoms with E-state index in [1.807, 2.05) is 30.3 Å². The summed E-state index contributed by atoms with van der Waals surface area (Å²) in [5, 5.41) is 0. The Morgan fingerprint density at radius 1 is 0.929 bits per heavy atom. The second kappa shape index (κ2) is 3.33. The number of aromatic nitrogens is 1. The molecule has 0 aliphatic heterocycles. The van der Waals surface area contributed by atoms with Gasteiger partial charge >= 0.3 is 0 Å². The molecule has 0 unspecified atom stereocenters. The number of rotatable bonds is 2. The van der Waals surface area contributed by atoms with Crippen molar-refractivity contribution in [1.82, 2.24) is 4.73 Å². The lowest BCUT2D eigenvalue weighted by molar-refractivity contribution is 0.217. The summed E-state index contributed by atoms with van der Waals surface area (Å²) in [6.07, 6.45) is 3.25. The summed E-state index contributed by atoms with van der Waals surface area (Å²) in [7, 11) is 0. The zero-order chi connectivity index (χ0) is 9.97. The maximum Gasteiger partial charge on any atom is 0.155 e. The van der Waals surface area contributed by atoms with Crippen LogP contribution in [0.1, 0.15) is 0 Å². The highest BCUT2D eigenvalue weighted by Gasteiger charge is 2.00. The van der Waals surface area contributed by atoms with Gasteiger partial charge in [0, 0.05) is 0 Å². The zero-order valence-corrected chi connectivity index (χ0v) is 7.55. The lowest BCUT2D eigenvalue weighted by Crippen LogP contribution is -2.01. The Labute approximate surface area is 81.7 Å². The van der Waals surface area contributed by atoms with Crippen molar-refractivity contribution in [1.29, 1.82) is 0 Å². The van der Waals surface area contributed by atoms with Crippen molar-refractivity contribution >= 4 is 11.4 Å². The van der Waals surface area contributed by atoms with E-state index in [0.29, 0.717) is 11.4 Å². The number of para-hydroxylation sites is 1. The molecule has 0 saturated heterocycles. The number of benzene rings is 1. The minimum Gasteiger partial charge on any atom is -0.396 e. The molecule has 0 aliphatic rings. The van der Waals surface area contributed by atoms with E-state index in [2.05, 4.69) is 0 Å². The van der Waals surface area contributed by atoms with Crippen molar-refractivity contribution in [2.75, 3.05) is 11.5 Å². The first-order valence-corrected chi connectivity index (χ1v) is 4.22. The molecule has 0 amide bonds. The van der Waals surface area contributed by atoms with Crippen LogP contribution in [0.2, 0.25) is 0 Å². The summed E-state index contributed by atoms with van der Waals surface area (Å²) in [6, 6.07) is 9.42. The van der Waals surface area contributed by atoms with Gasteiger partial charge in [-0.3, -0.25) is 0 Å². The summed E-state index contributed by atoms with van der Waals surface area (Å²) >= 11 is 0. The summed E-state index contributed by atoms with van der Waals surface area (Å²) in [4.78, 5) is 5.44. The highest BCUT2D eigenvalue weighted by Crippen LogP contribution is 2.16. The Bertz CT molecular complexity index is 403. The number of nitrogens with two attached hydrogens (primary N) is 2. The Kier molecular flexibility index (Phi) is 2.02. The van der Waals surface area contributed by atoms with E-state index in [1.165, 1.54) is 4.73 Å². The Balaban J connectivity index is 2.19. The number of nitrogen functional groups attached to an aromatic ring is 2. The van der Waals surface area contributed by atoms with Gasteiger partial charge in [0.1, 0.15) is 0 Å². The largest absolute Gasteiger partial charge is 0.396 e. The molecule has 0 saturated carbocycles. The zero-order valence-electron chi connectivity index (χ0n) is 7.55. The molecule has 0 atom stereocenters. The molecule has 0 fully saturated rings. The predicted molar refractivity (Wildman–Crippen MR) is 55.7 cm³/mol. The molecule has 1 aromatic heterocycles. The van der Waals surface area contributed by atoms with Gasteiger partial charge in [-0.25, -0.2) is 0 Å². The SMILES string of the molecule is Nc1cn(Oc2ccccc2)cc1N. The van der Waals surface area contributed by atoms with Crippen LogP contribution >= 0.6 is 0 Å². The van der Waals surface area contributed by atoms with Gasteiger partial charge in [-0.15, -0.1) is 0 Å². The van der Waals surface area contributed by atoms with Gasteiger partial charge in [0.2, 0.25) is 0 Å². The fourth-order valence-corrected chi connectivity index (χ4v) is 1.12. The van der Waals surface area contributed by atoms with Crippen molar-refractivity contribution in [3.05, 3.63) is 42.7 Å². The average molecular weight is 189 g/mol. The van der Waals surface area contributed by atoms with Gasteiger partial charge in [-0.1, -0.05) is 18.2 Å². The van der Waals surface area contributed by atoms with E-state index >= 15 is 0 Å². The standard InChI is InChI=1S/C10H11N3O/c11-9-6-13(7-10(9)12)14-8-4-2-1-3-5-8/h1-7H,11-12H2. The van der Waals surface area contributed by atoms with E-state index < -0.39 is 0 Å². The maximum atomic E-state index is 5.57. The quantitative estimate of drug-likeness (QED) is 0.752. The van der Waals surface area contributed by atoms with E-state index in [1.54, 1.807) is 12.4 Å². The van der Waals surface area contributed by atoms with Gasteiger partial charge < -0.3 is 16.3 Å². The van der Waals surface area contributed by atoms with Gasteiger partial charge in [-0.05, 0) is 12.1 Å². The third kappa shape index (κ3) is 1.64. The topological polar surface area (TPSA) is 66.2 Å². The molecular weight excluding hydrogens is 178 g/mol. The molecule has 4 nitrogen and oxygen atoms in total. The first kappa shape index (κ1) is 8.50. The van der Waals surface area contributed by atoms with Crippen molar-refractivity contribution < 1.29 is 4.84 Å². The minimum atomic E-state index is 0.515. The highest BCUT2D eigenvalue weighted by molar-refractivity contribution is 5.61. The molecule has 2 aromatic rings. The minimum absolute atomic E-state index is 0.515. The van der Waals surface area contributed by atoms with Crippen LogP contribution in [-0.4, -0.2) is 4.73 Å². The molecule has 0 aliphatic carbocycles. The van der Waals surface area contributed by atoms with Crippen molar-refractivity contribution in [2.24, 2.45) is 0 Å². The Morgan fingerprint density at radius 3 is 2.07 bits per heavy atom. The molecular formula is C10H11N3O. The molecule has 4 heteroatoms. The monoisotopic (exact) mass is 189 g/mol. The summed E-state index contributed by atoms with van der Waals surface area (Å²) < 4.78 is 1.49. The molecule has 14 heavy (non-hydrogen) atoms. The van der Waals surface area contributed by atoms with Crippen LogP contribution in [0.4, 0.5) is 11.4 Å². The second-order valence-electron chi connectivity index (χ2n) is 2.93. The van der Waals surface area contributed by atoms with Crippen LogP contribution in [0.3, 0.4) is 0 Å². The van der Waals surface area contributed by atoms with Gasteiger partial charge in [0.05, 0.1) is 23.8 Å². The highest BCUT2D eigenvalue weighted by atomic mass is 16.7. The van der Waals surface area contributed by atoms with Crippen LogP contribution in [-0.2, 0) is 0 Å². The van der Waals surface area contributed by atoms with Crippen molar-refractivity contribution in [3.8, 4) is 5.75 Å². The molecule has 1 heterocycles. The Morgan fingerprint density at radius 2 is 1.50 bits per heavy atom. The van der Waals surface area contributed by atoms with Crippen LogP contribution < -0.4 is 16.3 Å². The van der Waals surface area contributed by atoms with Crippen LogP contribution in [0.5, 0.6) is 5.75 Å². The van der Waals surface area contributed by atoms with Crippen molar-refractivity contribution in [2.45, 2.75) is 0 Å². The fourth-order valence-electron chi connectivity index (χ4n) is 1.12. The van der Waals surface area contributed by atoms with Crippen LogP contribution in [0.25, 0.3) is 0 Å². The lowest BCUT2D eigenvalue weighted by atomic mass is 10.3. The van der Waals surface area contributed by atoms with Crippen molar-refractivity contribution in [3.63, 3.8) is 0 Å². The van der Waals surface area contributed by atoms with Crippen LogP contribution in [0, 0.1) is 0 Å². The predicted octanol–water partition coefficient (Wildman–Crippen LogP) is 1.49. The third-order valence-corrected chi connectivity index (χ3v) is 1.82. The molecule has 1 aromatic carbocycles. The van der Waals surface area contributed by atoms with Gasteiger partial charge in [-0.2, -0.15) is 4.73 Å². The number of nitrogens with zero attached hydrogens (tertiary/aromatic N) is 1. The maximum absolute atomic E-state index is 5.57. The molecule has 72 valence electrons. The smallest absolute Gasteiger partial charge is 0.155 e. The summed E-state index contributed by atoms with van der Waals surface area (Å²) in [6.45, 7) is 0. The Hall–Kier alpha value is -2.10. The summed E-state index contributed by atoms with van der Waals surface area (Å²) in [5.74, 6) is 0.738. The van der Waals surface area contributed by atoms with Gasteiger partial charge in [0.25, 0.3) is 0 Å².